The number of piperazine rings is 1. The van der Waals surface area contributed by atoms with Crippen molar-refractivity contribution in [1.29, 1.82) is 0 Å². The molecule has 2 aliphatic rings. The molecule has 8 nitrogen and oxygen atoms in total. The van der Waals surface area contributed by atoms with Gasteiger partial charge < -0.3 is 14.7 Å². The number of hydrogen-bond acceptors (Lipinski definition) is 6. The van der Waals surface area contributed by atoms with Crippen LogP contribution >= 0.6 is 0 Å². The van der Waals surface area contributed by atoms with Gasteiger partial charge >= 0.3 is 0 Å². The smallest absolute Gasteiger partial charge is 0.237 e. The summed E-state index contributed by atoms with van der Waals surface area (Å²) in [7, 11) is 0. The second-order valence-electron chi connectivity index (χ2n) is 7.85. The number of carbonyl (C=O) groups excluding carboxylic acids is 2. The standard InChI is InChI=1S/C21H27N5O3/c1-15-4-2-3-5-17(15)13-26-11-8-22-21(28)18(26)12-19(27)25-9-6-16(7-10-25)20-23-14-29-24-20/h2-5,14,16,18H,6-13H2,1H3,(H,22,28)/t18-/m0/s1. The summed E-state index contributed by atoms with van der Waals surface area (Å²) in [6.07, 6.45) is 3.19. The van der Waals surface area contributed by atoms with Gasteiger partial charge in [0.1, 0.15) is 0 Å². The van der Waals surface area contributed by atoms with Gasteiger partial charge in [0.15, 0.2) is 5.82 Å². The Morgan fingerprint density at radius 2 is 2.03 bits per heavy atom. The molecule has 0 radical (unpaired) electrons. The minimum atomic E-state index is -0.425. The predicted octanol–water partition coefficient (Wildman–Crippen LogP) is 1.47. The molecule has 3 heterocycles. The first-order chi connectivity index (χ1) is 14.1. The van der Waals surface area contributed by atoms with Crippen molar-refractivity contribution in [2.45, 2.75) is 44.7 Å². The summed E-state index contributed by atoms with van der Waals surface area (Å²) >= 11 is 0. The molecule has 0 bridgehead atoms. The van der Waals surface area contributed by atoms with E-state index in [0.717, 1.165) is 19.4 Å². The van der Waals surface area contributed by atoms with Crippen LogP contribution in [0.25, 0.3) is 0 Å². The maximum Gasteiger partial charge on any atom is 0.237 e. The molecular formula is C21H27N5O3. The zero-order chi connectivity index (χ0) is 20.2. The summed E-state index contributed by atoms with van der Waals surface area (Å²) in [5.74, 6) is 0.926. The van der Waals surface area contributed by atoms with Crippen LogP contribution in [0.5, 0.6) is 0 Å². The fraction of sp³-hybridized carbons (Fsp3) is 0.524. The van der Waals surface area contributed by atoms with Crippen LogP contribution in [-0.4, -0.2) is 64.0 Å². The average molecular weight is 397 g/mol. The average Bonchev–Trinajstić information content (AvgIpc) is 3.27. The van der Waals surface area contributed by atoms with Crippen LogP contribution in [0.1, 0.15) is 42.1 Å². The quantitative estimate of drug-likeness (QED) is 0.822. The molecule has 1 aromatic heterocycles. The Hall–Kier alpha value is -2.74. The first kappa shape index (κ1) is 19.6. The molecule has 1 atom stereocenters. The molecule has 0 aliphatic carbocycles. The first-order valence-electron chi connectivity index (χ1n) is 10.2. The van der Waals surface area contributed by atoms with Crippen molar-refractivity contribution in [2.75, 3.05) is 26.2 Å². The third-order valence-electron chi connectivity index (χ3n) is 6.04. The van der Waals surface area contributed by atoms with Gasteiger partial charge in [-0.1, -0.05) is 29.4 Å². The molecule has 1 N–H and O–H groups in total. The number of likely N-dealkylation sites (tertiary alicyclic amines) is 1. The van der Waals surface area contributed by atoms with Gasteiger partial charge in [0.2, 0.25) is 18.2 Å². The predicted molar refractivity (Wildman–Crippen MR) is 106 cm³/mol. The molecule has 0 unspecified atom stereocenters. The lowest BCUT2D eigenvalue weighted by atomic mass is 9.95. The van der Waals surface area contributed by atoms with Gasteiger partial charge in [-0.3, -0.25) is 14.5 Å². The van der Waals surface area contributed by atoms with E-state index >= 15 is 0 Å². The second-order valence-corrected chi connectivity index (χ2v) is 7.85. The number of amides is 2. The van der Waals surface area contributed by atoms with E-state index < -0.39 is 6.04 Å². The van der Waals surface area contributed by atoms with E-state index in [2.05, 4.69) is 39.4 Å². The van der Waals surface area contributed by atoms with E-state index in [-0.39, 0.29) is 24.2 Å². The number of hydrogen-bond donors (Lipinski definition) is 1. The van der Waals surface area contributed by atoms with Crippen molar-refractivity contribution < 1.29 is 14.1 Å². The van der Waals surface area contributed by atoms with Crippen LogP contribution in [0.4, 0.5) is 0 Å². The highest BCUT2D eigenvalue weighted by molar-refractivity contribution is 5.88. The SMILES string of the molecule is Cc1ccccc1CN1CCNC(=O)[C@@H]1CC(=O)N1CCC(c2ncon2)CC1. The number of nitrogens with zero attached hydrogens (tertiary/aromatic N) is 4. The minimum absolute atomic E-state index is 0.0356. The summed E-state index contributed by atoms with van der Waals surface area (Å²) in [4.78, 5) is 33.6. The molecule has 2 aliphatic heterocycles. The highest BCUT2D eigenvalue weighted by Gasteiger charge is 2.34. The van der Waals surface area contributed by atoms with Crippen LogP contribution in [0.3, 0.4) is 0 Å². The normalized spacial score (nSPS) is 21.2. The zero-order valence-corrected chi connectivity index (χ0v) is 16.7. The van der Waals surface area contributed by atoms with Crippen LogP contribution in [0.15, 0.2) is 35.2 Å². The Bertz CT molecular complexity index is 846. The van der Waals surface area contributed by atoms with Gasteiger partial charge in [-0.25, -0.2) is 0 Å². The van der Waals surface area contributed by atoms with Gasteiger partial charge in [-0.05, 0) is 30.9 Å². The van der Waals surface area contributed by atoms with Crippen LogP contribution in [0, 0.1) is 6.92 Å². The minimum Gasteiger partial charge on any atom is -0.353 e. The van der Waals surface area contributed by atoms with E-state index in [1.54, 1.807) is 0 Å². The van der Waals surface area contributed by atoms with E-state index in [4.69, 9.17) is 4.52 Å². The van der Waals surface area contributed by atoms with Gasteiger partial charge in [0, 0.05) is 38.6 Å². The van der Waals surface area contributed by atoms with Crippen molar-refractivity contribution >= 4 is 11.8 Å². The monoisotopic (exact) mass is 397 g/mol. The summed E-state index contributed by atoms with van der Waals surface area (Å²) in [6, 6.07) is 7.77. The lowest BCUT2D eigenvalue weighted by molar-refractivity contribution is -0.139. The van der Waals surface area contributed by atoms with Crippen molar-refractivity contribution in [2.24, 2.45) is 0 Å². The molecule has 1 aromatic carbocycles. The molecule has 29 heavy (non-hydrogen) atoms. The van der Waals surface area contributed by atoms with Crippen LogP contribution in [0.2, 0.25) is 0 Å². The number of benzene rings is 1. The number of rotatable bonds is 5. The number of aromatic nitrogens is 2. The fourth-order valence-electron chi connectivity index (χ4n) is 4.22. The Morgan fingerprint density at radius 1 is 1.24 bits per heavy atom. The molecule has 8 heteroatoms. The molecule has 2 aromatic rings. The van der Waals surface area contributed by atoms with Crippen molar-refractivity contribution in [3.8, 4) is 0 Å². The molecule has 2 saturated heterocycles. The maximum atomic E-state index is 12.9. The number of piperidine rings is 1. The van der Waals surface area contributed by atoms with E-state index in [1.165, 1.54) is 17.5 Å². The zero-order valence-electron chi connectivity index (χ0n) is 16.7. The van der Waals surface area contributed by atoms with Crippen molar-refractivity contribution in [3.63, 3.8) is 0 Å². The van der Waals surface area contributed by atoms with Gasteiger partial charge in [0.25, 0.3) is 0 Å². The molecule has 2 fully saturated rings. The topological polar surface area (TPSA) is 91.6 Å². The van der Waals surface area contributed by atoms with Crippen LogP contribution < -0.4 is 5.32 Å². The van der Waals surface area contributed by atoms with E-state index in [0.29, 0.717) is 32.0 Å². The lowest BCUT2D eigenvalue weighted by Gasteiger charge is -2.37. The van der Waals surface area contributed by atoms with E-state index in [9.17, 15) is 9.59 Å². The Kier molecular flexibility index (Phi) is 5.89. The van der Waals surface area contributed by atoms with Gasteiger partial charge in [-0.15, -0.1) is 0 Å². The third kappa shape index (κ3) is 4.48. The van der Waals surface area contributed by atoms with E-state index in [1.807, 2.05) is 17.0 Å². The Labute approximate surface area is 170 Å². The molecule has 0 spiro atoms. The molecule has 154 valence electrons. The summed E-state index contributed by atoms with van der Waals surface area (Å²) < 4.78 is 4.83. The summed E-state index contributed by atoms with van der Waals surface area (Å²) in [5.41, 5.74) is 2.40. The Morgan fingerprint density at radius 3 is 2.76 bits per heavy atom. The molecule has 4 rings (SSSR count). The summed E-state index contributed by atoms with van der Waals surface area (Å²) in [6.45, 7) is 5.43. The number of aryl methyl sites for hydroxylation is 1. The third-order valence-corrected chi connectivity index (χ3v) is 6.04. The fourth-order valence-corrected chi connectivity index (χ4v) is 4.22. The highest BCUT2D eigenvalue weighted by Crippen LogP contribution is 2.26. The largest absolute Gasteiger partial charge is 0.353 e. The second kappa shape index (κ2) is 8.73. The first-order valence-corrected chi connectivity index (χ1v) is 10.2. The number of nitrogens with one attached hydrogen (secondary N) is 1. The van der Waals surface area contributed by atoms with Crippen LogP contribution in [-0.2, 0) is 16.1 Å². The lowest BCUT2D eigenvalue weighted by Crippen LogP contribution is -2.56. The highest BCUT2D eigenvalue weighted by atomic mass is 16.5. The van der Waals surface area contributed by atoms with Crippen molar-refractivity contribution in [1.82, 2.24) is 25.3 Å². The molecule has 2 amide bonds. The van der Waals surface area contributed by atoms with Gasteiger partial charge in [0.05, 0.1) is 12.5 Å². The maximum absolute atomic E-state index is 12.9. The molecular weight excluding hydrogens is 370 g/mol. The Balaban J connectivity index is 1.37. The van der Waals surface area contributed by atoms with Gasteiger partial charge in [-0.2, -0.15) is 4.98 Å². The van der Waals surface area contributed by atoms with Crippen molar-refractivity contribution in [3.05, 3.63) is 47.6 Å². The molecule has 0 saturated carbocycles. The number of carbonyl (C=O) groups is 2. The summed E-state index contributed by atoms with van der Waals surface area (Å²) in [5, 5.41) is 6.84.